The molecular formula is C10H10ClF3N4O2. The summed E-state index contributed by atoms with van der Waals surface area (Å²) in [6, 6.07) is -1.09. The minimum Gasteiger partial charge on any atom is -0.362 e. The lowest BCUT2D eigenvalue weighted by Crippen LogP contribution is -2.57. The Bertz CT molecular complexity index is 559. The molecule has 1 aromatic heterocycles. The summed E-state index contributed by atoms with van der Waals surface area (Å²) in [6.07, 6.45) is -2.45. The molecule has 1 aromatic rings. The molecule has 0 fully saturated rings. The molecule has 1 amide bonds. The van der Waals surface area contributed by atoms with E-state index in [4.69, 9.17) is 11.6 Å². The van der Waals surface area contributed by atoms with E-state index in [-0.39, 0.29) is 10.0 Å². The molecular weight excluding hydrogens is 301 g/mol. The molecule has 2 atom stereocenters. The first-order valence-corrected chi connectivity index (χ1v) is 5.90. The molecule has 0 unspecified atom stereocenters. The molecule has 1 aliphatic heterocycles. The van der Waals surface area contributed by atoms with Crippen LogP contribution in [0.5, 0.6) is 0 Å². The molecule has 110 valence electrons. The molecule has 20 heavy (non-hydrogen) atoms. The van der Waals surface area contributed by atoms with Gasteiger partial charge in [0.1, 0.15) is 6.04 Å². The van der Waals surface area contributed by atoms with Gasteiger partial charge in [-0.15, -0.1) is 0 Å². The molecule has 1 N–H and O–H groups in total. The molecule has 10 heteroatoms. The number of aliphatic hydroxyl groups is 1. The van der Waals surface area contributed by atoms with E-state index < -0.39 is 30.3 Å². The van der Waals surface area contributed by atoms with Crippen LogP contribution in [-0.2, 0) is 4.79 Å². The molecule has 0 saturated heterocycles. The van der Waals surface area contributed by atoms with Crippen LogP contribution >= 0.6 is 11.6 Å². The number of alkyl halides is 3. The van der Waals surface area contributed by atoms with Crippen molar-refractivity contribution in [3.05, 3.63) is 17.4 Å². The Balaban J connectivity index is 2.26. The molecule has 6 nitrogen and oxygen atoms in total. The van der Waals surface area contributed by atoms with E-state index >= 15 is 0 Å². The van der Waals surface area contributed by atoms with Crippen molar-refractivity contribution in [1.29, 1.82) is 0 Å². The Hall–Kier alpha value is -1.61. The number of carbonyl (C=O) groups is 1. The van der Waals surface area contributed by atoms with Gasteiger partial charge in [-0.3, -0.25) is 9.48 Å². The second-order valence-corrected chi connectivity index (χ2v) is 4.72. The number of nitrogens with zero attached hydrogens (tertiary/aromatic N) is 4. The SMILES string of the molecule is C[C@H](C(=O)N1N=CC[C@@]1(O)C(F)(F)F)n1cc(Cl)cn1. The zero-order chi connectivity index (χ0) is 15.1. The average molecular weight is 311 g/mol. The Kier molecular flexibility index (Phi) is 3.51. The minimum atomic E-state index is -5.01. The van der Waals surface area contributed by atoms with Crippen molar-refractivity contribution in [2.24, 2.45) is 5.10 Å². The number of carbonyl (C=O) groups excluding carboxylic acids is 1. The van der Waals surface area contributed by atoms with Gasteiger partial charge in [0, 0.05) is 18.8 Å². The number of rotatable bonds is 2. The topological polar surface area (TPSA) is 70.7 Å². The number of halogens is 4. The van der Waals surface area contributed by atoms with Crippen LogP contribution in [0.3, 0.4) is 0 Å². The fraction of sp³-hybridized carbons (Fsp3) is 0.500. The summed E-state index contributed by atoms with van der Waals surface area (Å²) in [5.74, 6) is -1.04. The van der Waals surface area contributed by atoms with Crippen molar-refractivity contribution in [3.63, 3.8) is 0 Å². The number of amides is 1. The number of hydrogen-bond acceptors (Lipinski definition) is 4. The molecule has 2 heterocycles. The van der Waals surface area contributed by atoms with Crippen molar-refractivity contribution in [3.8, 4) is 0 Å². The standard InChI is InChI=1S/C10H10ClF3N4O2/c1-6(17-5-7(11)4-16-17)8(19)18-9(20,2-3-15-18)10(12,13)14/h3-6,20H,2H2,1H3/t6-,9-/m1/s1. The molecule has 0 radical (unpaired) electrons. The van der Waals surface area contributed by atoms with Gasteiger partial charge in [-0.25, -0.2) is 0 Å². The molecule has 0 saturated carbocycles. The van der Waals surface area contributed by atoms with Crippen molar-refractivity contribution < 1.29 is 23.1 Å². The Morgan fingerprint density at radius 3 is 2.75 bits per heavy atom. The quantitative estimate of drug-likeness (QED) is 0.901. The second-order valence-electron chi connectivity index (χ2n) is 4.28. The Morgan fingerprint density at radius 1 is 1.60 bits per heavy atom. The smallest absolute Gasteiger partial charge is 0.362 e. The first-order chi connectivity index (χ1) is 9.17. The van der Waals surface area contributed by atoms with E-state index in [0.717, 1.165) is 10.9 Å². The third-order valence-corrected chi connectivity index (χ3v) is 3.11. The molecule has 1 aliphatic rings. The highest BCUT2D eigenvalue weighted by Gasteiger charge is 2.62. The summed E-state index contributed by atoms with van der Waals surface area (Å²) in [5, 5.41) is 17.0. The van der Waals surface area contributed by atoms with Crippen LogP contribution in [0.1, 0.15) is 19.4 Å². The normalized spacial score (nSPS) is 24.2. The first-order valence-electron chi connectivity index (χ1n) is 5.52. The summed E-state index contributed by atoms with van der Waals surface area (Å²) in [5.41, 5.74) is -3.32. The van der Waals surface area contributed by atoms with Gasteiger partial charge >= 0.3 is 6.18 Å². The van der Waals surface area contributed by atoms with E-state index in [9.17, 15) is 23.1 Å². The lowest BCUT2D eigenvalue weighted by Gasteiger charge is -2.33. The zero-order valence-corrected chi connectivity index (χ0v) is 10.9. The summed E-state index contributed by atoms with van der Waals surface area (Å²) in [7, 11) is 0. The third kappa shape index (κ3) is 2.27. The first kappa shape index (κ1) is 14.8. The maximum atomic E-state index is 12.9. The van der Waals surface area contributed by atoms with Crippen LogP contribution < -0.4 is 0 Å². The van der Waals surface area contributed by atoms with Crippen molar-refractivity contribution in [2.45, 2.75) is 31.3 Å². The van der Waals surface area contributed by atoms with Crippen LogP contribution in [-0.4, -0.2) is 43.9 Å². The highest BCUT2D eigenvalue weighted by Crippen LogP contribution is 2.39. The van der Waals surface area contributed by atoms with Gasteiger partial charge in [-0.1, -0.05) is 11.6 Å². The van der Waals surface area contributed by atoms with Gasteiger partial charge in [-0.05, 0) is 6.92 Å². The van der Waals surface area contributed by atoms with Gasteiger partial charge in [0.05, 0.1) is 11.2 Å². The molecule has 0 spiro atoms. The minimum absolute atomic E-state index is 0.0350. The third-order valence-electron chi connectivity index (χ3n) is 2.91. The van der Waals surface area contributed by atoms with Crippen LogP contribution in [0, 0.1) is 0 Å². The summed E-state index contributed by atoms with van der Waals surface area (Å²) in [4.78, 5) is 12.1. The fourth-order valence-corrected chi connectivity index (χ4v) is 1.87. The summed E-state index contributed by atoms with van der Waals surface area (Å²) in [6.45, 7) is 1.33. The van der Waals surface area contributed by atoms with E-state index in [0.29, 0.717) is 0 Å². The van der Waals surface area contributed by atoms with Crippen LogP contribution in [0.25, 0.3) is 0 Å². The van der Waals surface area contributed by atoms with Crippen LogP contribution in [0.4, 0.5) is 13.2 Å². The second kappa shape index (κ2) is 4.74. The number of hydrogen-bond donors (Lipinski definition) is 1. The molecule has 0 bridgehead atoms. The van der Waals surface area contributed by atoms with Crippen molar-refractivity contribution >= 4 is 23.7 Å². The van der Waals surface area contributed by atoms with Gasteiger partial charge in [0.25, 0.3) is 11.6 Å². The largest absolute Gasteiger partial charge is 0.438 e. The van der Waals surface area contributed by atoms with E-state index in [2.05, 4.69) is 10.2 Å². The van der Waals surface area contributed by atoms with Gasteiger partial charge in [-0.2, -0.15) is 28.4 Å². The Labute approximate surface area is 116 Å². The van der Waals surface area contributed by atoms with Crippen molar-refractivity contribution in [1.82, 2.24) is 14.8 Å². The molecule has 0 aromatic carbocycles. The highest BCUT2D eigenvalue weighted by molar-refractivity contribution is 6.30. The number of hydrazone groups is 1. The van der Waals surface area contributed by atoms with Gasteiger partial charge in [0.2, 0.25) is 0 Å². The lowest BCUT2D eigenvalue weighted by molar-refractivity contribution is -0.302. The maximum absolute atomic E-state index is 12.9. The zero-order valence-electron chi connectivity index (χ0n) is 10.2. The lowest BCUT2D eigenvalue weighted by atomic mass is 10.1. The average Bonchev–Trinajstić information content (AvgIpc) is 2.93. The van der Waals surface area contributed by atoms with E-state index in [1.54, 1.807) is 0 Å². The van der Waals surface area contributed by atoms with E-state index in [1.165, 1.54) is 19.3 Å². The monoisotopic (exact) mass is 310 g/mol. The predicted molar refractivity (Wildman–Crippen MR) is 62.9 cm³/mol. The van der Waals surface area contributed by atoms with Crippen molar-refractivity contribution in [2.75, 3.05) is 0 Å². The fourth-order valence-electron chi connectivity index (χ4n) is 1.72. The maximum Gasteiger partial charge on any atom is 0.438 e. The number of aromatic nitrogens is 2. The highest BCUT2D eigenvalue weighted by atomic mass is 35.5. The van der Waals surface area contributed by atoms with Crippen LogP contribution in [0.2, 0.25) is 5.02 Å². The predicted octanol–water partition coefficient (Wildman–Crippen LogP) is 1.57. The van der Waals surface area contributed by atoms with E-state index in [1.807, 2.05) is 0 Å². The molecule has 0 aliphatic carbocycles. The Morgan fingerprint density at radius 2 is 2.25 bits per heavy atom. The summed E-state index contributed by atoms with van der Waals surface area (Å²) >= 11 is 5.63. The van der Waals surface area contributed by atoms with Crippen LogP contribution in [0.15, 0.2) is 17.5 Å². The molecule has 2 rings (SSSR count). The van der Waals surface area contributed by atoms with Gasteiger partial charge in [0.15, 0.2) is 0 Å². The summed E-state index contributed by atoms with van der Waals surface area (Å²) < 4.78 is 39.7. The van der Waals surface area contributed by atoms with Gasteiger partial charge < -0.3 is 5.11 Å².